The summed E-state index contributed by atoms with van der Waals surface area (Å²) in [7, 11) is 0. The Morgan fingerprint density at radius 1 is 1.07 bits per heavy atom. The van der Waals surface area contributed by atoms with Crippen molar-refractivity contribution in [3.05, 3.63) is 106 Å². The summed E-state index contributed by atoms with van der Waals surface area (Å²) < 4.78 is 42.4. The van der Waals surface area contributed by atoms with Crippen molar-refractivity contribution in [1.29, 1.82) is 0 Å². The van der Waals surface area contributed by atoms with E-state index in [1.165, 1.54) is 18.2 Å². The number of nitrogens with one attached hydrogen (secondary N) is 1. The average Bonchev–Trinajstić information content (AvgIpc) is 2.95. The molecular formula is C23H16ClF3N2O. The third-order valence-electron chi connectivity index (χ3n) is 4.88. The maximum atomic E-state index is 14.8. The van der Waals surface area contributed by atoms with Crippen LogP contribution in [0.5, 0.6) is 5.75 Å². The summed E-state index contributed by atoms with van der Waals surface area (Å²) in [4.78, 5) is 3.73. The van der Waals surface area contributed by atoms with Crippen LogP contribution in [0.3, 0.4) is 0 Å². The Morgan fingerprint density at radius 2 is 1.90 bits per heavy atom. The molecule has 1 aromatic heterocycles. The van der Waals surface area contributed by atoms with E-state index in [0.717, 1.165) is 11.8 Å². The molecule has 4 rings (SSSR count). The van der Waals surface area contributed by atoms with E-state index in [0.29, 0.717) is 18.1 Å². The number of hydrogen-bond acceptors (Lipinski definition) is 3. The van der Waals surface area contributed by atoms with E-state index in [4.69, 9.17) is 11.6 Å². The van der Waals surface area contributed by atoms with Gasteiger partial charge in [-0.1, -0.05) is 54.1 Å². The molecule has 0 radical (unpaired) electrons. The van der Waals surface area contributed by atoms with Gasteiger partial charge in [-0.15, -0.1) is 0 Å². The van der Waals surface area contributed by atoms with Crippen molar-refractivity contribution in [3.8, 4) is 5.75 Å². The summed E-state index contributed by atoms with van der Waals surface area (Å²) >= 11 is 6.27. The van der Waals surface area contributed by atoms with Gasteiger partial charge < -0.3 is 10.4 Å². The lowest BCUT2D eigenvalue weighted by atomic mass is 9.92. The van der Waals surface area contributed by atoms with Gasteiger partial charge in [0.2, 0.25) is 0 Å². The normalized spacial score (nSPS) is 13.6. The Labute approximate surface area is 176 Å². The minimum Gasteiger partial charge on any atom is -0.507 e. The molecule has 7 heteroatoms. The Bertz CT molecular complexity index is 1160. The standard InChI is InChI=1S/C23H16ClF3N2O/c24-17-7-4-8-18(26)20(17)21(29-23-19(27)11-14(25)12-28-23)16-10-9-13-5-2-1-3-6-15(13)22(16)30/h1-5,7-12,21,30H,6H2,(H,28,29). The highest BCUT2D eigenvalue weighted by atomic mass is 35.5. The van der Waals surface area contributed by atoms with Crippen LogP contribution >= 0.6 is 11.6 Å². The van der Waals surface area contributed by atoms with E-state index in [9.17, 15) is 18.3 Å². The number of fused-ring (bicyclic) bond motifs is 1. The van der Waals surface area contributed by atoms with Crippen molar-refractivity contribution in [1.82, 2.24) is 4.98 Å². The molecule has 0 amide bonds. The van der Waals surface area contributed by atoms with Gasteiger partial charge in [-0.05, 0) is 24.1 Å². The molecule has 1 unspecified atom stereocenters. The third-order valence-corrected chi connectivity index (χ3v) is 5.21. The molecule has 2 N–H and O–H groups in total. The van der Waals surface area contributed by atoms with Crippen LogP contribution in [0.1, 0.15) is 28.3 Å². The van der Waals surface area contributed by atoms with Crippen LogP contribution in [0.15, 0.2) is 60.8 Å². The Hall–Kier alpha value is -3.25. The predicted octanol–water partition coefficient (Wildman–Crippen LogP) is 6.18. The maximum Gasteiger partial charge on any atom is 0.168 e. The lowest BCUT2D eigenvalue weighted by Gasteiger charge is -2.24. The maximum absolute atomic E-state index is 14.8. The number of aromatic hydroxyl groups is 1. The number of halogens is 4. The molecule has 3 nitrogen and oxygen atoms in total. The zero-order chi connectivity index (χ0) is 21.3. The first kappa shape index (κ1) is 20.0. The minimum absolute atomic E-state index is 0.0136. The Kier molecular flexibility index (Phi) is 5.50. The molecule has 0 fully saturated rings. The second-order valence-electron chi connectivity index (χ2n) is 6.76. The van der Waals surface area contributed by atoms with E-state index in [1.807, 2.05) is 24.3 Å². The quantitative estimate of drug-likeness (QED) is 0.521. The van der Waals surface area contributed by atoms with Crippen LogP contribution in [0.2, 0.25) is 5.02 Å². The molecule has 1 aliphatic carbocycles. The monoisotopic (exact) mass is 428 g/mol. The SMILES string of the molecule is Oc1c(C(Nc2ncc(F)cc2F)c2c(F)cccc2Cl)ccc2c1CC=CC=C2. The largest absolute Gasteiger partial charge is 0.507 e. The smallest absolute Gasteiger partial charge is 0.168 e. The Morgan fingerprint density at radius 3 is 2.67 bits per heavy atom. The number of phenolic OH excluding ortho intramolecular Hbond substituents is 1. The molecule has 1 heterocycles. The molecule has 0 saturated heterocycles. The van der Waals surface area contributed by atoms with Gasteiger partial charge in [-0.25, -0.2) is 18.2 Å². The van der Waals surface area contributed by atoms with Gasteiger partial charge >= 0.3 is 0 Å². The molecule has 152 valence electrons. The molecule has 0 aliphatic heterocycles. The molecular weight excluding hydrogens is 413 g/mol. The van der Waals surface area contributed by atoms with Crippen LogP contribution in [0.25, 0.3) is 6.08 Å². The summed E-state index contributed by atoms with van der Waals surface area (Å²) in [5, 5.41) is 13.9. The molecule has 1 aliphatic rings. The van der Waals surface area contributed by atoms with E-state index < -0.39 is 23.5 Å². The van der Waals surface area contributed by atoms with Gasteiger partial charge in [0.1, 0.15) is 17.4 Å². The summed E-state index contributed by atoms with van der Waals surface area (Å²) in [6.07, 6.45) is 8.75. The van der Waals surface area contributed by atoms with Crippen LogP contribution in [0, 0.1) is 17.5 Å². The first-order valence-corrected chi connectivity index (χ1v) is 9.53. The number of hydrogen-bond donors (Lipinski definition) is 2. The van der Waals surface area contributed by atoms with Gasteiger partial charge in [-0.3, -0.25) is 0 Å². The van der Waals surface area contributed by atoms with E-state index in [1.54, 1.807) is 12.1 Å². The van der Waals surface area contributed by atoms with Crippen molar-refractivity contribution in [2.45, 2.75) is 12.5 Å². The van der Waals surface area contributed by atoms with Crippen LogP contribution in [-0.4, -0.2) is 10.1 Å². The van der Waals surface area contributed by atoms with Gasteiger partial charge in [0.25, 0.3) is 0 Å². The van der Waals surface area contributed by atoms with E-state index >= 15 is 0 Å². The molecule has 0 saturated carbocycles. The van der Waals surface area contributed by atoms with Gasteiger partial charge in [0.15, 0.2) is 11.6 Å². The summed E-state index contributed by atoms with van der Waals surface area (Å²) in [5.41, 5.74) is 1.75. The zero-order valence-electron chi connectivity index (χ0n) is 15.5. The number of pyridine rings is 1. The summed E-state index contributed by atoms with van der Waals surface area (Å²) in [6, 6.07) is 7.15. The molecule has 30 heavy (non-hydrogen) atoms. The van der Waals surface area contributed by atoms with Crippen molar-refractivity contribution >= 4 is 23.5 Å². The Balaban J connectivity index is 1.89. The zero-order valence-corrected chi connectivity index (χ0v) is 16.3. The fraction of sp³-hybridized carbons (Fsp3) is 0.0870. The number of phenols is 1. The fourth-order valence-electron chi connectivity index (χ4n) is 3.45. The minimum atomic E-state index is -1.08. The highest BCUT2D eigenvalue weighted by molar-refractivity contribution is 6.31. The predicted molar refractivity (Wildman–Crippen MR) is 111 cm³/mol. The number of allylic oxidation sites excluding steroid dienone is 3. The van der Waals surface area contributed by atoms with Gasteiger partial charge in [-0.2, -0.15) is 0 Å². The van der Waals surface area contributed by atoms with Gasteiger partial charge in [0.05, 0.1) is 12.2 Å². The molecule has 0 bridgehead atoms. The van der Waals surface area contributed by atoms with Gasteiger partial charge in [0, 0.05) is 27.8 Å². The van der Waals surface area contributed by atoms with Crippen LogP contribution in [0.4, 0.5) is 19.0 Å². The molecule has 2 aromatic carbocycles. The molecule has 1 atom stereocenters. The van der Waals surface area contributed by atoms with E-state index in [-0.39, 0.29) is 27.7 Å². The highest BCUT2D eigenvalue weighted by Gasteiger charge is 2.27. The lowest BCUT2D eigenvalue weighted by molar-refractivity contribution is 0.459. The number of rotatable bonds is 4. The fourth-order valence-corrected chi connectivity index (χ4v) is 3.72. The lowest BCUT2D eigenvalue weighted by Crippen LogP contribution is -2.17. The molecule has 3 aromatic rings. The second-order valence-corrected chi connectivity index (χ2v) is 7.17. The number of nitrogens with zero attached hydrogens (tertiary/aromatic N) is 1. The summed E-state index contributed by atoms with van der Waals surface area (Å²) in [6.45, 7) is 0. The first-order chi connectivity index (χ1) is 14.5. The van der Waals surface area contributed by atoms with Crippen molar-refractivity contribution in [2.75, 3.05) is 5.32 Å². The van der Waals surface area contributed by atoms with Crippen LogP contribution in [-0.2, 0) is 6.42 Å². The van der Waals surface area contributed by atoms with Crippen molar-refractivity contribution < 1.29 is 18.3 Å². The molecule has 0 spiro atoms. The van der Waals surface area contributed by atoms with Crippen molar-refractivity contribution in [2.24, 2.45) is 0 Å². The summed E-state index contributed by atoms with van der Waals surface area (Å²) in [5.74, 6) is -2.80. The van der Waals surface area contributed by atoms with E-state index in [2.05, 4.69) is 10.3 Å². The number of anilines is 1. The first-order valence-electron chi connectivity index (χ1n) is 9.15. The van der Waals surface area contributed by atoms with Crippen molar-refractivity contribution in [3.63, 3.8) is 0 Å². The highest BCUT2D eigenvalue weighted by Crippen LogP contribution is 2.40. The third kappa shape index (κ3) is 3.78. The number of benzene rings is 2. The average molecular weight is 429 g/mol. The number of aromatic nitrogens is 1. The van der Waals surface area contributed by atoms with Crippen LogP contribution < -0.4 is 5.32 Å². The topological polar surface area (TPSA) is 45.1 Å². The second kappa shape index (κ2) is 8.24.